The summed E-state index contributed by atoms with van der Waals surface area (Å²) in [7, 11) is 1.64. The average molecular weight is 131 g/mol. The number of hydrogen-bond donors (Lipinski definition) is 1. The Morgan fingerprint density at radius 3 is 2.89 bits per heavy atom. The Morgan fingerprint density at radius 2 is 2.33 bits per heavy atom. The second-order valence-electron chi connectivity index (χ2n) is 1.45. The summed E-state index contributed by atoms with van der Waals surface area (Å²) in [5.74, 6) is 0. The molecule has 0 amide bonds. The molecule has 0 fully saturated rings. The second kappa shape index (κ2) is 7.46. The molecule has 0 saturated heterocycles. The molecule has 0 aliphatic heterocycles. The van der Waals surface area contributed by atoms with Crippen LogP contribution in [0.4, 0.5) is 0 Å². The fraction of sp³-hybridized carbons (Fsp3) is 0.667. The zero-order valence-corrected chi connectivity index (χ0v) is 5.72. The normalized spacial score (nSPS) is 9.00. The molecule has 0 spiro atoms. The van der Waals surface area contributed by atoms with Gasteiger partial charge in [0.2, 0.25) is 0 Å². The molecular weight excluding hydrogens is 118 g/mol. The SMILES string of the molecule is C=CNCOCCOC. The van der Waals surface area contributed by atoms with Crippen LogP contribution in [-0.2, 0) is 9.47 Å². The monoisotopic (exact) mass is 131 g/mol. The highest BCUT2D eigenvalue weighted by atomic mass is 16.5. The van der Waals surface area contributed by atoms with Crippen molar-refractivity contribution in [1.82, 2.24) is 5.32 Å². The van der Waals surface area contributed by atoms with Crippen molar-refractivity contribution in [2.45, 2.75) is 0 Å². The Balaban J connectivity index is 2.66. The number of nitrogens with one attached hydrogen (secondary N) is 1. The van der Waals surface area contributed by atoms with Gasteiger partial charge in [-0.25, -0.2) is 0 Å². The van der Waals surface area contributed by atoms with Crippen LogP contribution in [0.5, 0.6) is 0 Å². The number of rotatable bonds is 6. The largest absolute Gasteiger partial charge is 0.382 e. The van der Waals surface area contributed by atoms with Crippen LogP contribution >= 0.6 is 0 Å². The second-order valence-corrected chi connectivity index (χ2v) is 1.45. The van der Waals surface area contributed by atoms with Gasteiger partial charge in [0.05, 0.1) is 13.2 Å². The highest BCUT2D eigenvalue weighted by Gasteiger charge is 1.81. The third kappa shape index (κ3) is 7.46. The highest BCUT2D eigenvalue weighted by molar-refractivity contribution is 4.57. The molecule has 0 unspecified atom stereocenters. The van der Waals surface area contributed by atoms with E-state index in [2.05, 4.69) is 11.9 Å². The molecule has 0 radical (unpaired) electrons. The van der Waals surface area contributed by atoms with Crippen LogP contribution < -0.4 is 5.32 Å². The van der Waals surface area contributed by atoms with Gasteiger partial charge in [0.15, 0.2) is 0 Å². The van der Waals surface area contributed by atoms with Gasteiger partial charge < -0.3 is 14.8 Å². The highest BCUT2D eigenvalue weighted by Crippen LogP contribution is 1.71. The lowest BCUT2D eigenvalue weighted by Gasteiger charge is -2.01. The third-order valence-corrected chi connectivity index (χ3v) is 0.762. The van der Waals surface area contributed by atoms with Crippen molar-refractivity contribution in [2.24, 2.45) is 0 Å². The molecule has 3 heteroatoms. The third-order valence-electron chi connectivity index (χ3n) is 0.762. The molecule has 0 rings (SSSR count). The lowest BCUT2D eigenvalue weighted by Crippen LogP contribution is -2.13. The molecule has 0 atom stereocenters. The molecule has 0 bridgehead atoms. The van der Waals surface area contributed by atoms with Crippen molar-refractivity contribution in [1.29, 1.82) is 0 Å². The molecule has 0 aliphatic carbocycles. The first-order valence-corrected chi connectivity index (χ1v) is 2.82. The summed E-state index contributed by atoms with van der Waals surface area (Å²) in [5.41, 5.74) is 0. The average Bonchev–Trinajstić information content (AvgIpc) is 1.89. The number of hydrogen-bond acceptors (Lipinski definition) is 3. The molecule has 9 heavy (non-hydrogen) atoms. The van der Waals surface area contributed by atoms with Gasteiger partial charge in [-0.05, 0) is 6.20 Å². The molecule has 54 valence electrons. The van der Waals surface area contributed by atoms with Crippen LogP contribution in [0.15, 0.2) is 12.8 Å². The van der Waals surface area contributed by atoms with Gasteiger partial charge in [-0.1, -0.05) is 6.58 Å². The first-order valence-electron chi connectivity index (χ1n) is 2.82. The van der Waals surface area contributed by atoms with E-state index in [1.165, 1.54) is 0 Å². The molecular formula is C6H13NO2. The van der Waals surface area contributed by atoms with Crippen LogP contribution in [-0.4, -0.2) is 27.1 Å². The summed E-state index contributed by atoms with van der Waals surface area (Å²) in [6.45, 7) is 5.22. The molecule has 0 aliphatic rings. The molecule has 3 nitrogen and oxygen atoms in total. The van der Waals surface area contributed by atoms with Crippen molar-refractivity contribution in [3.8, 4) is 0 Å². The van der Waals surface area contributed by atoms with E-state index >= 15 is 0 Å². The minimum atomic E-state index is 0.507. The maximum atomic E-state index is 5.01. The number of methoxy groups -OCH3 is 1. The number of ether oxygens (including phenoxy) is 2. The zero-order chi connectivity index (χ0) is 6.95. The lowest BCUT2D eigenvalue weighted by atomic mass is 10.8. The van der Waals surface area contributed by atoms with E-state index in [-0.39, 0.29) is 0 Å². The molecule has 0 heterocycles. The summed E-state index contributed by atoms with van der Waals surface area (Å²) in [5, 5.41) is 2.79. The molecule has 0 saturated carbocycles. The molecule has 0 aromatic carbocycles. The van der Waals surface area contributed by atoms with Crippen LogP contribution in [0.2, 0.25) is 0 Å². The quantitative estimate of drug-likeness (QED) is 0.416. The Labute approximate surface area is 55.7 Å². The predicted octanol–water partition coefficient (Wildman–Crippen LogP) is 0.340. The van der Waals surface area contributed by atoms with Gasteiger partial charge >= 0.3 is 0 Å². The Kier molecular flexibility index (Phi) is 7.01. The van der Waals surface area contributed by atoms with Crippen LogP contribution in [0.3, 0.4) is 0 Å². The summed E-state index contributed by atoms with van der Waals surface area (Å²) < 4.78 is 9.75. The van der Waals surface area contributed by atoms with Gasteiger partial charge in [0.25, 0.3) is 0 Å². The van der Waals surface area contributed by atoms with E-state index in [9.17, 15) is 0 Å². The molecule has 0 aromatic rings. The van der Waals surface area contributed by atoms with Crippen molar-refractivity contribution < 1.29 is 9.47 Å². The van der Waals surface area contributed by atoms with E-state index < -0.39 is 0 Å². The Hall–Kier alpha value is -0.540. The van der Waals surface area contributed by atoms with E-state index in [4.69, 9.17) is 9.47 Å². The maximum absolute atomic E-state index is 5.01. The summed E-state index contributed by atoms with van der Waals surface area (Å²) >= 11 is 0. The minimum Gasteiger partial charge on any atom is -0.382 e. The van der Waals surface area contributed by atoms with E-state index in [0.717, 1.165) is 0 Å². The van der Waals surface area contributed by atoms with Crippen molar-refractivity contribution >= 4 is 0 Å². The smallest absolute Gasteiger partial charge is 0.116 e. The summed E-state index contributed by atoms with van der Waals surface area (Å²) in [6, 6.07) is 0. The maximum Gasteiger partial charge on any atom is 0.116 e. The zero-order valence-electron chi connectivity index (χ0n) is 5.72. The predicted molar refractivity (Wildman–Crippen MR) is 36.0 cm³/mol. The van der Waals surface area contributed by atoms with Gasteiger partial charge in [-0.2, -0.15) is 0 Å². The Bertz CT molecular complexity index is 66.1. The van der Waals surface area contributed by atoms with Crippen LogP contribution in [0.25, 0.3) is 0 Å². The van der Waals surface area contributed by atoms with Gasteiger partial charge in [0, 0.05) is 7.11 Å². The van der Waals surface area contributed by atoms with E-state index in [1.54, 1.807) is 13.3 Å². The van der Waals surface area contributed by atoms with E-state index in [0.29, 0.717) is 19.9 Å². The van der Waals surface area contributed by atoms with Gasteiger partial charge in [-0.15, -0.1) is 0 Å². The fourth-order valence-electron chi connectivity index (χ4n) is 0.332. The summed E-state index contributed by atoms with van der Waals surface area (Å²) in [4.78, 5) is 0. The first kappa shape index (κ1) is 8.46. The topological polar surface area (TPSA) is 30.5 Å². The van der Waals surface area contributed by atoms with Crippen molar-refractivity contribution in [3.05, 3.63) is 12.8 Å². The van der Waals surface area contributed by atoms with Crippen LogP contribution in [0.1, 0.15) is 0 Å². The standard InChI is InChI=1S/C6H13NO2/c1-3-7-6-9-5-4-8-2/h3,7H,1,4-6H2,2H3. The minimum absolute atomic E-state index is 0.507. The van der Waals surface area contributed by atoms with E-state index in [1.807, 2.05) is 0 Å². The van der Waals surface area contributed by atoms with Crippen molar-refractivity contribution in [2.75, 3.05) is 27.1 Å². The summed E-state index contributed by atoms with van der Waals surface area (Å²) in [6.07, 6.45) is 1.59. The molecule has 1 N–H and O–H groups in total. The van der Waals surface area contributed by atoms with Gasteiger partial charge in [0.1, 0.15) is 6.73 Å². The first-order chi connectivity index (χ1) is 4.41. The Morgan fingerprint density at radius 1 is 1.56 bits per heavy atom. The van der Waals surface area contributed by atoms with Gasteiger partial charge in [-0.3, -0.25) is 0 Å². The molecule has 0 aromatic heterocycles. The fourth-order valence-corrected chi connectivity index (χ4v) is 0.332. The van der Waals surface area contributed by atoms with Crippen LogP contribution in [0, 0.1) is 0 Å². The lowest BCUT2D eigenvalue weighted by molar-refractivity contribution is 0.0657. The van der Waals surface area contributed by atoms with Crippen molar-refractivity contribution in [3.63, 3.8) is 0 Å².